The van der Waals surface area contributed by atoms with E-state index in [1.807, 2.05) is 31.3 Å². The van der Waals surface area contributed by atoms with Crippen LogP contribution in [0, 0.1) is 18.3 Å². The number of nitrogens with zero attached hydrogens (tertiary/aromatic N) is 2. The molecule has 1 N–H and O–H groups in total. The second-order valence-electron chi connectivity index (χ2n) is 4.96. The Bertz CT molecular complexity index is 661. The summed E-state index contributed by atoms with van der Waals surface area (Å²) < 4.78 is 5.91. The minimum absolute atomic E-state index is 0.198. The van der Waals surface area contributed by atoms with E-state index in [1.54, 1.807) is 6.20 Å². The number of nitriles is 1. The van der Waals surface area contributed by atoms with E-state index in [4.69, 9.17) is 10.00 Å². The van der Waals surface area contributed by atoms with Gasteiger partial charge in [-0.15, -0.1) is 0 Å². The van der Waals surface area contributed by atoms with Gasteiger partial charge in [0.15, 0.2) is 0 Å². The SMILES string of the molecule is CNC(C)c1cc(C)ccc1OCc1cccnc1C#N. The molecule has 1 aromatic heterocycles. The highest BCUT2D eigenvalue weighted by molar-refractivity contribution is 5.39. The summed E-state index contributed by atoms with van der Waals surface area (Å²) in [5.74, 6) is 0.829. The number of rotatable bonds is 5. The van der Waals surface area contributed by atoms with E-state index < -0.39 is 0 Å². The summed E-state index contributed by atoms with van der Waals surface area (Å²) in [5.41, 5.74) is 3.51. The molecule has 0 radical (unpaired) electrons. The largest absolute Gasteiger partial charge is 0.488 e. The summed E-state index contributed by atoms with van der Waals surface area (Å²) in [5, 5.41) is 12.3. The predicted octanol–water partition coefficient (Wildman–Crippen LogP) is 3.12. The Balaban J connectivity index is 2.22. The van der Waals surface area contributed by atoms with Crippen molar-refractivity contribution < 1.29 is 4.74 Å². The summed E-state index contributed by atoms with van der Waals surface area (Å²) in [6.07, 6.45) is 1.61. The summed E-state index contributed by atoms with van der Waals surface area (Å²) >= 11 is 0. The van der Waals surface area contributed by atoms with E-state index in [1.165, 1.54) is 5.56 Å². The normalized spacial score (nSPS) is 11.7. The fourth-order valence-corrected chi connectivity index (χ4v) is 2.10. The highest BCUT2D eigenvalue weighted by atomic mass is 16.5. The van der Waals surface area contributed by atoms with E-state index in [0.717, 1.165) is 16.9 Å². The van der Waals surface area contributed by atoms with Crippen LogP contribution in [0.25, 0.3) is 0 Å². The van der Waals surface area contributed by atoms with Crippen LogP contribution >= 0.6 is 0 Å². The number of pyridine rings is 1. The second-order valence-corrected chi connectivity index (χ2v) is 4.96. The van der Waals surface area contributed by atoms with Crippen LogP contribution in [0.4, 0.5) is 0 Å². The molecule has 2 aromatic rings. The highest BCUT2D eigenvalue weighted by Gasteiger charge is 2.11. The molecule has 1 atom stereocenters. The fraction of sp³-hybridized carbons (Fsp3) is 0.294. The van der Waals surface area contributed by atoms with Crippen molar-refractivity contribution in [3.63, 3.8) is 0 Å². The van der Waals surface area contributed by atoms with Crippen LogP contribution in [0.1, 0.15) is 35.3 Å². The zero-order valence-corrected chi connectivity index (χ0v) is 12.6. The van der Waals surface area contributed by atoms with Crippen LogP contribution in [0.15, 0.2) is 36.5 Å². The van der Waals surface area contributed by atoms with Crippen LogP contribution in [-0.2, 0) is 6.61 Å². The first-order valence-corrected chi connectivity index (χ1v) is 6.90. The van der Waals surface area contributed by atoms with Gasteiger partial charge < -0.3 is 10.1 Å². The minimum atomic E-state index is 0.198. The number of benzene rings is 1. The molecule has 0 fully saturated rings. The summed E-state index contributed by atoms with van der Waals surface area (Å²) in [4.78, 5) is 4.04. The average molecular weight is 281 g/mol. The Morgan fingerprint density at radius 3 is 2.90 bits per heavy atom. The molecule has 0 saturated carbocycles. The third kappa shape index (κ3) is 3.59. The zero-order chi connectivity index (χ0) is 15.2. The lowest BCUT2D eigenvalue weighted by Crippen LogP contribution is -2.14. The van der Waals surface area contributed by atoms with Gasteiger partial charge in [0.2, 0.25) is 0 Å². The molecule has 0 amide bonds. The van der Waals surface area contributed by atoms with Crippen molar-refractivity contribution in [2.75, 3.05) is 7.05 Å². The lowest BCUT2D eigenvalue weighted by Gasteiger charge is -2.17. The number of nitrogens with one attached hydrogen (secondary N) is 1. The van der Waals surface area contributed by atoms with Gasteiger partial charge in [0.1, 0.15) is 24.1 Å². The van der Waals surface area contributed by atoms with Gasteiger partial charge in [-0.1, -0.05) is 23.8 Å². The molecule has 0 bridgehead atoms. The van der Waals surface area contributed by atoms with Gasteiger partial charge in [0.05, 0.1) is 0 Å². The van der Waals surface area contributed by atoms with Crippen molar-refractivity contribution in [3.05, 3.63) is 58.9 Å². The minimum Gasteiger partial charge on any atom is -0.488 e. The van der Waals surface area contributed by atoms with Crippen molar-refractivity contribution >= 4 is 0 Å². The molecule has 0 aliphatic carbocycles. The number of aryl methyl sites for hydroxylation is 1. The van der Waals surface area contributed by atoms with Crippen LogP contribution in [0.3, 0.4) is 0 Å². The lowest BCUT2D eigenvalue weighted by molar-refractivity contribution is 0.299. The molecule has 0 spiro atoms. The smallest absolute Gasteiger partial charge is 0.147 e. The fourth-order valence-electron chi connectivity index (χ4n) is 2.10. The number of aromatic nitrogens is 1. The molecule has 0 aliphatic heterocycles. The van der Waals surface area contributed by atoms with Gasteiger partial charge in [0, 0.05) is 23.4 Å². The van der Waals surface area contributed by atoms with Crippen LogP contribution in [-0.4, -0.2) is 12.0 Å². The Morgan fingerprint density at radius 2 is 2.19 bits per heavy atom. The standard InChI is InChI=1S/C17H19N3O/c1-12-6-7-17(15(9-12)13(2)19-3)21-11-14-5-4-8-20-16(14)10-18/h4-9,13,19H,11H2,1-3H3. The predicted molar refractivity (Wildman–Crippen MR) is 81.9 cm³/mol. The molecular weight excluding hydrogens is 262 g/mol. The first kappa shape index (κ1) is 15.0. The van der Waals surface area contributed by atoms with Gasteiger partial charge >= 0.3 is 0 Å². The number of hydrogen-bond donors (Lipinski definition) is 1. The molecule has 4 nitrogen and oxygen atoms in total. The van der Waals surface area contributed by atoms with Crippen LogP contribution in [0.5, 0.6) is 5.75 Å². The van der Waals surface area contributed by atoms with E-state index in [-0.39, 0.29) is 6.04 Å². The van der Waals surface area contributed by atoms with Crippen molar-refractivity contribution in [2.45, 2.75) is 26.5 Å². The first-order chi connectivity index (χ1) is 10.2. The summed E-state index contributed by atoms with van der Waals surface area (Å²) in [7, 11) is 1.92. The molecule has 1 aromatic carbocycles. The molecule has 2 rings (SSSR count). The third-order valence-electron chi connectivity index (χ3n) is 3.45. The molecular formula is C17H19N3O. The van der Waals surface area contributed by atoms with Crippen molar-refractivity contribution in [1.29, 1.82) is 5.26 Å². The summed E-state index contributed by atoms with van der Waals surface area (Å²) in [6.45, 7) is 4.49. The molecule has 1 unspecified atom stereocenters. The van der Waals surface area contributed by atoms with Gasteiger partial charge in [0.25, 0.3) is 0 Å². The van der Waals surface area contributed by atoms with E-state index >= 15 is 0 Å². The van der Waals surface area contributed by atoms with Crippen molar-refractivity contribution in [2.24, 2.45) is 0 Å². The molecule has 1 heterocycles. The Morgan fingerprint density at radius 1 is 1.38 bits per heavy atom. The third-order valence-corrected chi connectivity index (χ3v) is 3.45. The second kappa shape index (κ2) is 6.87. The molecule has 0 saturated heterocycles. The van der Waals surface area contributed by atoms with Gasteiger partial charge in [-0.3, -0.25) is 0 Å². The quantitative estimate of drug-likeness (QED) is 0.914. The van der Waals surface area contributed by atoms with Crippen LogP contribution in [0.2, 0.25) is 0 Å². The number of hydrogen-bond acceptors (Lipinski definition) is 4. The first-order valence-electron chi connectivity index (χ1n) is 6.90. The van der Waals surface area contributed by atoms with Crippen molar-refractivity contribution in [1.82, 2.24) is 10.3 Å². The Hall–Kier alpha value is -2.38. The van der Waals surface area contributed by atoms with Crippen molar-refractivity contribution in [3.8, 4) is 11.8 Å². The monoisotopic (exact) mass is 281 g/mol. The highest BCUT2D eigenvalue weighted by Crippen LogP contribution is 2.27. The Labute approximate surface area is 125 Å². The lowest BCUT2D eigenvalue weighted by atomic mass is 10.0. The number of ether oxygens (including phenoxy) is 1. The molecule has 4 heteroatoms. The molecule has 108 valence electrons. The maximum Gasteiger partial charge on any atom is 0.147 e. The van der Waals surface area contributed by atoms with E-state index in [9.17, 15) is 0 Å². The van der Waals surface area contributed by atoms with Gasteiger partial charge in [-0.2, -0.15) is 5.26 Å². The summed E-state index contributed by atoms with van der Waals surface area (Å²) in [6, 6.07) is 12.1. The maximum absolute atomic E-state index is 9.05. The molecule has 0 aliphatic rings. The zero-order valence-electron chi connectivity index (χ0n) is 12.6. The maximum atomic E-state index is 9.05. The van der Waals surface area contributed by atoms with Gasteiger partial charge in [-0.25, -0.2) is 4.98 Å². The van der Waals surface area contributed by atoms with Crippen LogP contribution < -0.4 is 10.1 Å². The van der Waals surface area contributed by atoms with Gasteiger partial charge in [-0.05, 0) is 33.0 Å². The Kier molecular flexibility index (Phi) is 4.91. The topological polar surface area (TPSA) is 57.9 Å². The van der Waals surface area contributed by atoms with E-state index in [2.05, 4.69) is 36.3 Å². The van der Waals surface area contributed by atoms with E-state index in [0.29, 0.717) is 12.3 Å². The molecule has 21 heavy (non-hydrogen) atoms. The average Bonchev–Trinajstić information content (AvgIpc) is 2.53.